The number of nitrogens with zero attached hydrogens (tertiary/aromatic N) is 2. The number of amides is 1. The number of nitro benzene ring substituents is 1. The van der Waals surface area contributed by atoms with Gasteiger partial charge in [-0.15, -0.1) is 0 Å². The standard InChI is InChI=1S/C28H34N2O8/c1-18-14-21(15-19(2)26(18)37-16-20-6-8-22(9-7-20)30(34)35)24(31)10-11-25(32)36-17-23-12-13-29(23)27(33)38-28(3,4)5/h6-9,14-15,23H,10-13,16-17H2,1-5H3. The van der Waals surface area contributed by atoms with Gasteiger partial charge in [0.1, 0.15) is 24.6 Å². The van der Waals surface area contributed by atoms with Crippen molar-refractivity contribution >= 4 is 23.5 Å². The van der Waals surface area contributed by atoms with E-state index in [9.17, 15) is 24.5 Å². The summed E-state index contributed by atoms with van der Waals surface area (Å²) < 4.78 is 16.6. The van der Waals surface area contributed by atoms with E-state index in [0.717, 1.165) is 23.1 Å². The lowest BCUT2D eigenvalue weighted by molar-refractivity contribution is -0.384. The van der Waals surface area contributed by atoms with Gasteiger partial charge in [-0.1, -0.05) is 0 Å². The van der Waals surface area contributed by atoms with Crippen molar-refractivity contribution < 1.29 is 33.5 Å². The van der Waals surface area contributed by atoms with Crippen molar-refractivity contribution in [2.24, 2.45) is 0 Å². The van der Waals surface area contributed by atoms with Gasteiger partial charge in [-0.05, 0) is 82.0 Å². The van der Waals surface area contributed by atoms with Crippen molar-refractivity contribution in [1.29, 1.82) is 0 Å². The van der Waals surface area contributed by atoms with Crippen LogP contribution >= 0.6 is 0 Å². The Labute approximate surface area is 222 Å². The molecule has 1 heterocycles. The van der Waals surface area contributed by atoms with Crippen molar-refractivity contribution in [3.63, 3.8) is 0 Å². The summed E-state index contributed by atoms with van der Waals surface area (Å²) in [6.07, 6.45) is 0.240. The molecular weight excluding hydrogens is 492 g/mol. The maximum atomic E-state index is 12.7. The van der Waals surface area contributed by atoms with Crippen LogP contribution in [0.15, 0.2) is 36.4 Å². The van der Waals surface area contributed by atoms with Gasteiger partial charge >= 0.3 is 12.1 Å². The molecule has 1 unspecified atom stereocenters. The van der Waals surface area contributed by atoms with Gasteiger partial charge in [-0.3, -0.25) is 19.7 Å². The molecule has 10 nitrogen and oxygen atoms in total. The first-order chi connectivity index (χ1) is 17.8. The van der Waals surface area contributed by atoms with Gasteiger partial charge in [-0.2, -0.15) is 0 Å². The third kappa shape index (κ3) is 7.77. The van der Waals surface area contributed by atoms with Gasteiger partial charge in [0.05, 0.1) is 17.4 Å². The second-order valence-electron chi connectivity index (χ2n) is 10.4. The number of Topliss-reactive ketones (excluding diaryl/α,β-unsaturated/α-hetero) is 1. The number of hydrogen-bond acceptors (Lipinski definition) is 8. The van der Waals surface area contributed by atoms with Crippen molar-refractivity contribution in [3.8, 4) is 5.75 Å². The number of esters is 1. The SMILES string of the molecule is Cc1cc(C(=O)CCC(=O)OCC2CCN2C(=O)OC(C)(C)C)cc(C)c1OCc1ccc([N+](=O)[O-])cc1. The van der Waals surface area contributed by atoms with Crippen molar-refractivity contribution in [2.45, 2.75) is 72.1 Å². The first-order valence-electron chi connectivity index (χ1n) is 12.5. The summed E-state index contributed by atoms with van der Waals surface area (Å²) in [4.78, 5) is 49.0. The molecule has 0 bridgehead atoms. The number of ketones is 1. The highest BCUT2D eigenvalue weighted by molar-refractivity contribution is 5.98. The number of nitro groups is 1. The smallest absolute Gasteiger partial charge is 0.410 e. The summed E-state index contributed by atoms with van der Waals surface area (Å²) in [6.45, 7) is 9.90. The molecule has 1 saturated heterocycles. The summed E-state index contributed by atoms with van der Waals surface area (Å²) in [7, 11) is 0. The molecule has 204 valence electrons. The molecule has 0 aliphatic carbocycles. The summed E-state index contributed by atoms with van der Waals surface area (Å²) in [5.74, 6) is -0.0469. The van der Waals surface area contributed by atoms with Crippen LogP contribution in [0.1, 0.15) is 67.1 Å². The van der Waals surface area contributed by atoms with Crippen LogP contribution in [0.25, 0.3) is 0 Å². The average Bonchev–Trinajstić information content (AvgIpc) is 2.80. The Hall–Kier alpha value is -3.95. The maximum Gasteiger partial charge on any atom is 0.410 e. The van der Waals surface area contributed by atoms with Crippen molar-refractivity contribution in [2.75, 3.05) is 13.2 Å². The van der Waals surface area contributed by atoms with E-state index in [4.69, 9.17) is 14.2 Å². The fraction of sp³-hybridized carbons (Fsp3) is 0.464. The van der Waals surface area contributed by atoms with Gasteiger partial charge in [0.15, 0.2) is 5.78 Å². The first kappa shape index (κ1) is 28.6. The molecule has 1 aliphatic heterocycles. The fourth-order valence-electron chi connectivity index (χ4n) is 4.00. The van der Waals surface area contributed by atoms with E-state index in [1.165, 1.54) is 12.1 Å². The number of ether oxygens (including phenoxy) is 3. The summed E-state index contributed by atoms with van der Waals surface area (Å²) >= 11 is 0. The quantitative estimate of drug-likeness (QED) is 0.177. The summed E-state index contributed by atoms with van der Waals surface area (Å²) in [5, 5.41) is 10.8. The van der Waals surface area contributed by atoms with Crippen LogP contribution in [-0.2, 0) is 20.9 Å². The normalized spacial score (nSPS) is 14.9. The van der Waals surface area contributed by atoms with E-state index in [1.807, 2.05) is 13.8 Å². The number of likely N-dealkylation sites (tertiary alicyclic amines) is 1. The lowest BCUT2D eigenvalue weighted by Crippen LogP contribution is -2.54. The zero-order chi connectivity index (χ0) is 28.0. The Morgan fingerprint density at radius 2 is 1.68 bits per heavy atom. The highest BCUT2D eigenvalue weighted by Crippen LogP contribution is 2.27. The van der Waals surface area contributed by atoms with Gasteiger partial charge in [0.25, 0.3) is 5.69 Å². The predicted molar refractivity (Wildman–Crippen MR) is 139 cm³/mol. The topological polar surface area (TPSA) is 125 Å². The van der Waals surface area contributed by atoms with Crippen LogP contribution in [-0.4, -0.2) is 52.5 Å². The molecule has 38 heavy (non-hydrogen) atoms. The van der Waals surface area contributed by atoms with Gasteiger partial charge in [0.2, 0.25) is 0 Å². The Morgan fingerprint density at radius 3 is 2.21 bits per heavy atom. The van der Waals surface area contributed by atoms with Crippen LogP contribution in [0, 0.1) is 24.0 Å². The van der Waals surface area contributed by atoms with E-state index in [2.05, 4.69) is 0 Å². The highest BCUT2D eigenvalue weighted by Gasteiger charge is 2.36. The second-order valence-corrected chi connectivity index (χ2v) is 10.4. The number of carbonyl (C=O) groups excluding carboxylic acids is 3. The van der Waals surface area contributed by atoms with Crippen LogP contribution in [0.4, 0.5) is 10.5 Å². The second kappa shape index (κ2) is 12.1. The Kier molecular flexibility index (Phi) is 9.08. The number of aryl methyl sites for hydroxylation is 2. The van der Waals surface area contributed by atoms with Crippen molar-refractivity contribution in [1.82, 2.24) is 4.90 Å². The third-order valence-electron chi connectivity index (χ3n) is 6.08. The molecule has 1 amide bonds. The lowest BCUT2D eigenvalue weighted by Gasteiger charge is -2.40. The molecule has 2 aromatic carbocycles. The molecule has 0 aromatic heterocycles. The van der Waals surface area contributed by atoms with Gasteiger partial charge in [0, 0.05) is 30.7 Å². The number of non-ortho nitro benzene ring substituents is 1. The number of carbonyl (C=O) groups is 3. The Bertz CT molecular complexity index is 1180. The molecule has 1 aliphatic rings. The van der Waals surface area contributed by atoms with Crippen LogP contribution in [0.2, 0.25) is 0 Å². The van der Waals surface area contributed by atoms with E-state index >= 15 is 0 Å². The number of benzene rings is 2. The van der Waals surface area contributed by atoms with E-state index in [-0.39, 0.29) is 43.6 Å². The minimum atomic E-state index is -0.595. The maximum absolute atomic E-state index is 12.7. The predicted octanol–water partition coefficient (Wildman–Crippen LogP) is 5.31. The zero-order valence-electron chi connectivity index (χ0n) is 22.4. The molecule has 0 saturated carbocycles. The molecule has 1 fully saturated rings. The molecular formula is C28H34N2O8. The molecule has 10 heteroatoms. The molecule has 0 spiro atoms. The largest absolute Gasteiger partial charge is 0.488 e. The van der Waals surface area contributed by atoms with Crippen LogP contribution in [0.3, 0.4) is 0 Å². The van der Waals surface area contributed by atoms with E-state index in [0.29, 0.717) is 17.9 Å². The lowest BCUT2D eigenvalue weighted by atomic mass is 10.0. The number of rotatable bonds is 10. The molecule has 1 atom stereocenters. The van der Waals surface area contributed by atoms with Crippen LogP contribution < -0.4 is 4.74 Å². The van der Waals surface area contributed by atoms with Gasteiger partial charge < -0.3 is 19.1 Å². The summed E-state index contributed by atoms with van der Waals surface area (Å²) in [6, 6.07) is 9.36. The summed E-state index contributed by atoms with van der Waals surface area (Å²) in [5.41, 5.74) is 2.21. The minimum Gasteiger partial charge on any atom is -0.488 e. The third-order valence-corrected chi connectivity index (χ3v) is 6.08. The monoisotopic (exact) mass is 526 g/mol. The zero-order valence-corrected chi connectivity index (χ0v) is 22.4. The van der Waals surface area contributed by atoms with E-state index < -0.39 is 22.6 Å². The Morgan fingerprint density at radius 1 is 1.05 bits per heavy atom. The highest BCUT2D eigenvalue weighted by atomic mass is 16.6. The molecule has 0 radical (unpaired) electrons. The Balaban J connectivity index is 1.47. The molecule has 3 rings (SSSR count). The minimum absolute atomic E-state index is 0.00115. The molecule has 2 aromatic rings. The van der Waals surface area contributed by atoms with Gasteiger partial charge in [-0.25, -0.2) is 4.79 Å². The number of hydrogen-bond donors (Lipinski definition) is 0. The fourth-order valence-corrected chi connectivity index (χ4v) is 4.00. The molecule has 0 N–H and O–H groups in total. The van der Waals surface area contributed by atoms with Crippen molar-refractivity contribution in [3.05, 3.63) is 68.8 Å². The van der Waals surface area contributed by atoms with Crippen LogP contribution in [0.5, 0.6) is 5.75 Å². The van der Waals surface area contributed by atoms with E-state index in [1.54, 1.807) is 49.9 Å². The average molecular weight is 527 g/mol. The first-order valence-corrected chi connectivity index (χ1v) is 12.5.